The van der Waals surface area contributed by atoms with Crippen LogP contribution >= 0.6 is 11.8 Å². The number of methoxy groups -OCH3 is 1. The highest BCUT2D eigenvalue weighted by Gasteiger charge is 2.05. The highest BCUT2D eigenvalue weighted by atomic mass is 32.2. The summed E-state index contributed by atoms with van der Waals surface area (Å²) < 4.78 is 5.05. The van der Waals surface area contributed by atoms with Crippen LogP contribution in [0.5, 0.6) is 0 Å². The third-order valence-corrected chi connectivity index (χ3v) is 3.61. The predicted molar refractivity (Wildman–Crippen MR) is 68.9 cm³/mol. The van der Waals surface area contributed by atoms with Crippen LogP contribution in [0.2, 0.25) is 0 Å². The Hall–Kier alpha value is -0.510. The molecule has 0 spiro atoms. The molecule has 0 bridgehead atoms. The molecule has 3 heteroatoms. The minimum absolute atomic E-state index is 0.384. The van der Waals surface area contributed by atoms with Gasteiger partial charge in [0.2, 0.25) is 0 Å². The van der Waals surface area contributed by atoms with Gasteiger partial charge in [0, 0.05) is 23.9 Å². The van der Waals surface area contributed by atoms with Gasteiger partial charge in [0.05, 0.1) is 6.10 Å². The van der Waals surface area contributed by atoms with Gasteiger partial charge in [-0.15, -0.1) is 11.8 Å². The number of rotatable bonds is 6. The number of thioether (sulfide) groups is 1. The van der Waals surface area contributed by atoms with Crippen LogP contribution in [-0.4, -0.2) is 24.1 Å². The number of hydrogen-bond acceptors (Lipinski definition) is 3. The summed E-state index contributed by atoms with van der Waals surface area (Å²) in [6.07, 6.45) is 0.671. The average Bonchev–Trinajstić information content (AvgIpc) is 2.27. The lowest BCUT2D eigenvalue weighted by Gasteiger charge is -2.11. The smallest absolute Gasteiger partial charge is 0.0761 e. The molecule has 1 rings (SSSR count). The summed E-state index contributed by atoms with van der Waals surface area (Å²) >= 11 is 1.84. The fraction of sp³-hybridized carbons (Fsp3) is 0.538. The van der Waals surface area contributed by atoms with E-state index in [0.29, 0.717) is 5.25 Å². The third-order valence-electron chi connectivity index (χ3n) is 2.43. The maximum absolute atomic E-state index is 9.39. The summed E-state index contributed by atoms with van der Waals surface area (Å²) in [7, 11) is 1.73. The molecule has 1 N–H and O–H groups in total. The Morgan fingerprint density at radius 1 is 1.25 bits per heavy atom. The van der Waals surface area contributed by atoms with E-state index >= 15 is 0 Å². The largest absolute Gasteiger partial charge is 0.389 e. The average molecular weight is 240 g/mol. The number of benzene rings is 1. The zero-order valence-corrected chi connectivity index (χ0v) is 11.0. The van der Waals surface area contributed by atoms with Crippen LogP contribution in [0, 0.1) is 0 Å². The van der Waals surface area contributed by atoms with Crippen LogP contribution in [0.15, 0.2) is 29.2 Å². The van der Waals surface area contributed by atoms with E-state index in [1.165, 1.54) is 4.90 Å². The van der Waals surface area contributed by atoms with Crippen molar-refractivity contribution in [2.24, 2.45) is 0 Å². The molecule has 2 nitrogen and oxygen atoms in total. The third kappa shape index (κ3) is 4.56. The second-order valence-corrected chi connectivity index (χ2v) is 5.47. The Morgan fingerprint density at radius 2 is 1.88 bits per heavy atom. The summed E-state index contributed by atoms with van der Waals surface area (Å²) in [6, 6.07) is 8.10. The van der Waals surface area contributed by atoms with Gasteiger partial charge in [0.15, 0.2) is 0 Å². The number of hydrogen-bond donors (Lipinski definition) is 1. The summed E-state index contributed by atoms with van der Waals surface area (Å²) in [5.74, 6) is 0. The van der Waals surface area contributed by atoms with Gasteiger partial charge in [0.1, 0.15) is 0 Å². The van der Waals surface area contributed by atoms with Gasteiger partial charge in [-0.25, -0.2) is 0 Å². The van der Waals surface area contributed by atoms with Crippen molar-refractivity contribution in [2.45, 2.75) is 36.5 Å². The zero-order valence-electron chi connectivity index (χ0n) is 10.1. The van der Waals surface area contributed by atoms with E-state index in [2.05, 4.69) is 19.1 Å². The first-order valence-corrected chi connectivity index (χ1v) is 6.45. The van der Waals surface area contributed by atoms with Gasteiger partial charge >= 0.3 is 0 Å². The summed E-state index contributed by atoms with van der Waals surface area (Å²) in [4.78, 5) is 1.24. The van der Waals surface area contributed by atoms with E-state index < -0.39 is 0 Å². The Balaban J connectivity index is 2.48. The summed E-state index contributed by atoms with van der Waals surface area (Å²) in [5, 5.41) is 9.94. The van der Waals surface area contributed by atoms with E-state index in [1.54, 1.807) is 14.0 Å². The SMILES string of the molecule is COCCC(C)Sc1ccc(C(C)O)cc1. The molecule has 0 radical (unpaired) electrons. The number of aliphatic hydroxyl groups excluding tert-OH is 1. The molecule has 16 heavy (non-hydrogen) atoms. The molecule has 0 fully saturated rings. The number of ether oxygens (including phenoxy) is 1. The van der Waals surface area contributed by atoms with E-state index in [0.717, 1.165) is 18.6 Å². The van der Waals surface area contributed by atoms with Crippen LogP contribution in [0.4, 0.5) is 0 Å². The van der Waals surface area contributed by atoms with E-state index in [1.807, 2.05) is 23.9 Å². The molecule has 90 valence electrons. The lowest BCUT2D eigenvalue weighted by molar-refractivity contribution is 0.195. The minimum atomic E-state index is -0.384. The molecule has 2 unspecified atom stereocenters. The molecule has 0 aliphatic carbocycles. The number of aliphatic hydroxyl groups is 1. The van der Waals surface area contributed by atoms with Crippen molar-refractivity contribution in [3.05, 3.63) is 29.8 Å². The molecule has 1 aromatic carbocycles. The van der Waals surface area contributed by atoms with Crippen molar-refractivity contribution in [1.29, 1.82) is 0 Å². The maximum Gasteiger partial charge on any atom is 0.0761 e. The standard InChI is InChI=1S/C13H20O2S/c1-10(8-9-15-3)16-13-6-4-12(5-7-13)11(2)14/h4-7,10-11,14H,8-9H2,1-3H3. The van der Waals surface area contributed by atoms with Crippen LogP contribution < -0.4 is 0 Å². The highest BCUT2D eigenvalue weighted by molar-refractivity contribution is 7.99. The lowest BCUT2D eigenvalue weighted by atomic mass is 10.1. The second-order valence-electron chi connectivity index (χ2n) is 3.95. The molecule has 0 amide bonds. The molecule has 0 heterocycles. The molecular formula is C13H20O2S. The Bertz CT molecular complexity index is 295. The van der Waals surface area contributed by atoms with Crippen molar-refractivity contribution >= 4 is 11.8 Å². The first kappa shape index (κ1) is 13.6. The van der Waals surface area contributed by atoms with Crippen LogP contribution in [0.25, 0.3) is 0 Å². The monoisotopic (exact) mass is 240 g/mol. The fourth-order valence-corrected chi connectivity index (χ4v) is 2.37. The molecule has 0 aliphatic rings. The van der Waals surface area contributed by atoms with Gasteiger partial charge in [0.25, 0.3) is 0 Å². The van der Waals surface area contributed by atoms with Crippen molar-refractivity contribution in [3.63, 3.8) is 0 Å². The summed E-state index contributed by atoms with van der Waals surface area (Å²) in [6.45, 7) is 4.79. The van der Waals surface area contributed by atoms with Crippen molar-refractivity contribution < 1.29 is 9.84 Å². The first-order chi connectivity index (χ1) is 7.63. The van der Waals surface area contributed by atoms with E-state index in [-0.39, 0.29) is 6.10 Å². The van der Waals surface area contributed by atoms with Crippen molar-refractivity contribution in [1.82, 2.24) is 0 Å². The maximum atomic E-state index is 9.39. The fourth-order valence-electron chi connectivity index (χ4n) is 1.40. The quantitative estimate of drug-likeness (QED) is 0.774. The Labute approximate surface area is 102 Å². The van der Waals surface area contributed by atoms with Crippen LogP contribution in [0.3, 0.4) is 0 Å². The summed E-state index contributed by atoms with van der Waals surface area (Å²) in [5.41, 5.74) is 0.967. The molecule has 0 aliphatic heterocycles. The van der Waals surface area contributed by atoms with Gasteiger partial charge in [-0.2, -0.15) is 0 Å². The van der Waals surface area contributed by atoms with Crippen molar-refractivity contribution in [3.8, 4) is 0 Å². The predicted octanol–water partition coefficient (Wildman–Crippen LogP) is 3.26. The van der Waals surface area contributed by atoms with Gasteiger partial charge in [-0.3, -0.25) is 0 Å². The Morgan fingerprint density at radius 3 is 2.38 bits per heavy atom. The van der Waals surface area contributed by atoms with E-state index in [9.17, 15) is 5.11 Å². The molecular weight excluding hydrogens is 220 g/mol. The lowest BCUT2D eigenvalue weighted by Crippen LogP contribution is -2.01. The second kappa shape index (κ2) is 6.94. The van der Waals surface area contributed by atoms with Gasteiger partial charge in [-0.05, 0) is 31.0 Å². The molecule has 0 saturated heterocycles. The normalized spacial score (nSPS) is 14.8. The van der Waals surface area contributed by atoms with Gasteiger partial charge < -0.3 is 9.84 Å². The van der Waals surface area contributed by atoms with Crippen molar-refractivity contribution in [2.75, 3.05) is 13.7 Å². The molecule has 0 aromatic heterocycles. The van der Waals surface area contributed by atoms with E-state index in [4.69, 9.17) is 4.74 Å². The zero-order chi connectivity index (χ0) is 12.0. The molecule has 1 aromatic rings. The highest BCUT2D eigenvalue weighted by Crippen LogP contribution is 2.26. The molecule has 0 saturated carbocycles. The topological polar surface area (TPSA) is 29.5 Å². The van der Waals surface area contributed by atoms with Crippen LogP contribution in [-0.2, 0) is 4.74 Å². The first-order valence-electron chi connectivity index (χ1n) is 5.57. The van der Waals surface area contributed by atoms with Crippen LogP contribution in [0.1, 0.15) is 31.9 Å². The minimum Gasteiger partial charge on any atom is -0.389 e. The van der Waals surface area contributed by atoms with Gasteiger partial charge in [-0.1, -0.05) is 19.1 Å². The Kier molecular flexibility index (Phi) is 5.88. The molecule has 2 atom stereocenters.